The lowest BCUT2D eigenvalue weighted by Gasteiger charge is -2.06. The summed E-state index contributed by atoms with van der Waals surface area (Å²) in [4.78, 5) is 9.29. The van der Waals surface area contributed by atoms with Crippen molar-refractivity contribution >= 4 is 29.1 Å². The van der Waals surface area contributed by atoms with Crippen molar-refractivity contribution in [2.75, 3.05) is 17.3 Å². The van der Waals surface area contributed by atoms with Crippen LogP contribution >= 0.6 is 11.8 Å². The van der Waals surface area contributed by atoms with Crippen LogP contribution in [-0.4, -0.2) is 16.2 Å². The van der Waals surface area contributed by atoms with E-state index in [0.29, 0.717) is 11.6 Å². The number of nitrogen functional groups attached to an aromatic ring is 1. The molecule has 0 fully saturated rings. The molecule has 2 aromatic rings. The summed E-state index contributed by atoms with van der Waals surface area (Å²) < 4.78 is 0. The van der Waals surface area contributed by atoms with E-state index in [2.05, 4.69) is 27.4 Å². The van der Waals surface area contributed by atoms with Crippen LogP contribution in [0.2, 0.25) is 0 Å². The van der Waals surface area contributed by atoms with Crippen LogP contribution in [0.5, 0.6) is 0 Å². The summed E-state index contributed by atoms with van der Waals surface area (Å²) in [6.07, 6.45) is 5.18. The van der Waals surface area contributed by atoms with E-state index in [-0.39, 0.29) is 0 Å². The minimum Gasteiger partial charge on any atom is -0.382 e. The fraction of sp³-hybridized carbons (Fsp3) is 0.0909. The van der Waals surface area contributed by atoms with Crippen molar-refractivity contribution in [3.8, 4) is 0 Å². The Morgan fingerprint density at radius 3 is 2.81 bits per heavy atom. The molecule has 16 heavy (non-hydrogen) atoms. The predicted molar refractivity (Wildman–Crippen MR) is 68.0 cm³/mol. The average Bonchev–Trinajstić information content (AvgIpc) is 2.32. The zero-order valence-electron chi connectivity index (χ0n) is 8.84. The molecule has 1 aromatic heterocycles. The molecule has 0 aliphatic heterocycles. The monoisotopic (exact) mass is 232 g/mol. The molecule has 0 aliphatic rings. The summed E-state index contributed by atoms with van der Waals surface area (Å²) in [5, 5.41) is 3.16. The molecule has 0 atom stereocenters. The molecule has 0 saturated heterocycles. The molecule has 4 nitrogen and oxygen atoms in total. The fourth-order valence-corrected chi connectivity index (χ4v) is 1.71. The van der Waals surface area contributed by atoms with Gasteiger partial charge in [0.15, 0.2) is 0 Å². The highest BCUT2D eigenvalue weighted by molar-refractivity contribution is 7.98. The van der Waals surface area contributed by atoms with E-state index in [1.54, 1.807) is 18.0 Å². The van der Waals surface area contributed by atoms with Crippen LogP contribution in [0.4, 0.5) is 17.3 Å². The minimum atomic E-state index is 0.420. The van der Waals surface area contributed by atoms with Gasteiger partial charge in [-0.3, -0.25) is 0 Å². The fourth-order valence-electron chi connectivity index (χ4n) is 1.25. The van der Waals surface area contributed by atoms with E-state index in [1.807, 2.05) is 18.4 Å². The van der Waals surface area contributed by atoms with Gasteiger partial charge < -0.3 is 11.1 Å². The maximum atomic E-state index is 5.46. The number of rotatable bonds is 3. The maximum absolute atomic E-state index is 5.46. The number of anilines is 3. The van der Waals surface area contributed by atoms with E-state index < -0.39 is 0 Å². The van der Waals surface area contributed by atoms with E-state index in [4.69, 9.17) is 5.73 Å². The second-order valence-corrected chi connectivity index (χ2v) is 4.06. The number of benzene rings is 1. The Hall–Kier alpha value is -1.75. The highest BCUT2D eigenvalue weighted by atomic mass is 32.2. The number of nitrogens with zero attached hydrogens (tertiary/aromatic N) is 2. The Balaban J connectivity index is 2.16. The summed E-state index contributed by atoms with van der Waals surface area (Å²) in [6.45, 7) is 0. The standard InChI is InChI=1S/C11H12N4S/c1-16-9-4-2-3-8(5-9)15-11-7-13-10(12)6-14-11/h2-7H,1H3,(H2,12,13)(H,14,15). The van der Waals surface area contributed by atoms with Gasteiger partial charge >= 0.3 is 0 Å². The molecule has 1 heterocycles. The van der Waals surface area contributed by atoms with Crippen LogP contribution < -0.4 is 11.1 Å². The van der Waals surface area contributed by atoms with Gasteiger partial charge in [-0.15, -0.1) is 11.8 Å². The molecule has 0 saturated carbocycles. The molecule has 82 valence electrons. The van der Waals surface area contributed by atoms with E-state index in [1.165, 1.54) is 11.1 Å². The predicted octanol–water partition coefficient (Wildman–Crippen LogP) is 2.52. The molecule has 0 aliphatic carbocycles. The molecular weight excluding hydrogens is 220 g/mol. The Kier molecular flexibility index (Phi) is 3.26. The molecule has 2 rings (SSSR count). The van der Waals surface area contributed by atoms with Gasteiger partial charge in [-0.05, 0) is 24.5 Å². The summed E-state index contributed by atoms with van der Waals surface area (Å²) in [6, 6.07) is 8.10. The number of hydrogen-bond donors (Lipinski definition) is 2. The molecule has 0 unspecified atom stereocenters. The third-order valence-corrected chi connectivity index (χ3v) is 2.74. The topological polar surface area (TPSA) is 63.8 Å². The Morgan fingerprint density at radius 2 is 2.12 bits per heavy atom. The van der Waals surface area contributed by atoms with Crippen molar-refractivity contribution in [2.24, 2.45) is 0 Å². The molecule has 0 bridgehead atoms. The zero-order chi connectivity index (χ0) is 11.4. The van der Waals surface area contributed by atoms with Crippen molar-refractivity contribution in [3.05, 3.63) is 36.7 Å². The third kappa shape index (κ3) is 2.64. The second-order valence-electron chi connectivity index (χ2n) is 3.18. The normalized spacial score (nSPS) is 10.1. The Bertz CT molecular complexity index is 470. The number of nitrogens with one attached hydrogen (secondary N) is 1. The highest BCUT2D eigenvalue weighted by Crippen LogP contribution is 2.21. The molecule has 5 heteroatoms. The summed E-state index contributed by atoms with van der Waals surface area (Å²) >= 11 is 1.70. The van der Waals surface area contributed by atoms with Gasteiger partial charge in [0.25, 0.3) is 0 Å². The van der Waals surface area contributed by atoms with Gasteiger partial charge in [-0.2, -0.15) is 0 Å². The van der Waals surface area contributed by atoms with Crippen LogP contribution in [-0.2, 0) is 0 Å². The van der Waals surface area contributed by atoms with Crippen molar-refractivity contribution in [1.82, 2.24) is 9.97 Å². The molecule has 3 N–H and O–H groups in total. The summed E-state index contributed by atoms with van der Waals surface area (Å²) in [5.74, 6) is 1.11. The molecular formula is C11H12N4S. The SMILES string of the molecule is CSc1cccc(Nc2cnc(N)cn2)c1. The Morgan fingerprint density at radius 1 is 1.25 bits per heavy atom. The number of nitrogens with two attached hydrogens (primary N) is 1. The van der Waals surface area contributed by atoms with Crippen molar-refractivity contribution in [2.45, 2.75) is 4.90 Å². The van der Waals surface area contributed by atoms with Crippen LogP contribution in [0.3, 0.4) is 0 Å². The van der Waals surface area contributed by atoms with Crippen LogP contribution in [0.25, 0.3) is 0 Å². The minimum absolute atomic E-state index is 0.420. The van der Waals surface area contributed by atoms with Crippen molar-refractivity contribution in [1.29, 1.82) is 0 Å². The van der Waals surface area contributed by atoms with Gasteiger partial charge in [-0.1, -0.05) is 6.07 Å². The van der Waals surface area contributed by atoms with Crippen LogP contribution in [0.1, 0.15) is 0 Å². The third-order valence-electron chi connectivity index (χ3n) is 2.01. The molecule has 0 spiro atoms. The van der Waals surface area contributed by atoms with Gasteiger partial charge in [0.2, 0.25) is 0 Å². The Labute approximate surface area is 98.3 Å². The lowest BCUT2D eigenvalue weighted by atomic mass is 10.3. The van der Waals surface area contributed by atoms with Gasteiger partial charge in [0, 0.05) is 10.6 Å². The maximum Gasteiger partial charge on any atom is 0.149 e. The number of hydrogen-bond acceptors (Lipinski definition) is 5. The average molecular weight is 232 g/mol. The number of thioether (sulfide) groups is 1. The van der Waals surface area contributed by atoms with Crippen molar-refractivity contribution in [3.63, 3.8) is 0 Å². The molecule has 0 amide bonds. The lowest BCUT2D eigenvalue weighted by molar-refractivity contribution is 1.21. The van der Waals surface area contributed by atoms with Crippen LogP contribution in [0.15, 0.2) is 41.6 Å². The quantitative estimate of drug-likeness (QED) is 0.796. The van der Waals surface area contributed by atoms with E-state index in [0.717, 1.165) is 5.69 Å². The summed E-state index contributed by atoms with van der Waals surface area (Å²) in [5.41, 5.74) is 6.45. The molecule has 1 aromatic carbocycles. The van der Waals surface area contributed by atoms with Crippen LogP contribution in [0, 0.1) is 0 Å². The van der Waals surface area contributed by atoms with Crippen molar-refractivity contribution < 1.29 is 0 Å². The first-order chi connectivity index (χ1) is 7.78. The highest BCUT2D eigenvalue weighted by Gasteiger charge is 1.97. The zero-order valence-corrected chi connectivity index (χ0v) is 9.66. The summed E-state index contributed by atoms with van der Waals surface area (Å²) in [7, 11) is 0. The van der Waals surface area contributed by atoms with Gasteiger partial charge in [0.1, 0.15) is 11.6 Å². The first kappa shape index (κ1) is 10.8. The lowest BCUT2D eigenvalue weighted by Crippen LogP contribution is -1.97. The van der Waals surface area contributed by atoms with Gasteiger partial charge in [-0.25, -0.2) is 9.97 Å². The van der Waals surface area contributed by atoms with E-state index in [9.17, 15) is 0 Å². The largest absolute Gasteiger partial charge is 0.382 e. The smallest absolute Gasteiger partial charge is 0.149 e. The van der Waals surface area contributed by atoms with Gasteiger partial charge in [0.05, 0.1) is 12.4 Å². The first-order valence-electron chi connectivity index (χ1n) is 4.76. The number of aromatic nitrogens is 2. The first-order valence-corrected chi connectivity index (χ1v) is 5.99. The molecule has 0 radical (unpaired) electrons. The second kappa shape index (κ2) is 4.85. The van der Waals surface area contributed by atoms with E-state index >= 15 is 0 Å².